The van der Waals surface area contributed by atoms with Crippen molar-refractivity contribution in [3.8, 4) is 6.07 Å². The number of aldehydes is 1. The molecule has 0 N–H and O–H groups in total. The van der Waals surface area contributed by atoms with Gasteiger partial charge in [-0.1, -0.05) is 11.6 Å². The van der Waals surface area contributed by atoms with Crippen LogP contribution in [0.4, 0.5) is 0 Å². The maximum absolute atomic E-state index is 10.2. The lowest BCUT2D eigenvalue weighted by Gasteiger charge is -1.75. The topological polar surface area (TPSA) is 40.9 Å². The predicted octanol–water partition coefficient (Wildman–Crippen LogP) is 2.09. The second kappa shape index (κ2) is 2.82. The van der Waals surface area contributed by atoms with Gasteiger partial charge in [-0.2, -0.15) is 5.26 Å². The summed E-state index contributed by atoms with van der Waals surface area (Å²) >= 11 is 6.67. The smallest absolute Gasteiger partial charge is 0.152 e. The van der Waals surface area contributed by atoms with Crippen LogP contribution < -0.4 is 0 Å². The van der Waals surface area contributed by atoms with Crippen molar-refractivity contribution in [3.63, 3.8) is 0 Å². The van der Waals surface area contributed by atoms with Gasteiger partial charge in [-0.25, -0.2) is 0 Å². The minimum atomic E-state index is 0.381. The van der Waals surface area contributed by atoms with E-state index >= 15 is 0 Å². The van der Waals surface area contributed by atoms with Crippen LogP contribution in [0.3, 0.4) is 0 Å². The van der Waals surface area contributed by atoms with Crippen LogP contribution in [-0.2, 0) is 0 Å². The minimum Gasteiger partial charge on any atom is -0.298 e. The fourth-order valence-electron chi connectivity index (χ4n) is 0.518. The second-order valence-electron chi connectivity index (χ2n) is 1.57. The molecule has 1 rings (SSSR count). The van der Waals surface area contributed by atoms with Gasteiger partial charge in [0.2, 0.25) is 0 Å². The zero-order valence-corrected chi connectivity index (χ0v) is 6.37. The Labute approximate surface area is 66.7 Å². The fourth-order valence-corrected chi connectivity index (χ4v) is 1.52. The highest BCUT2D eigenvalue weighted by Gasteiger charge is 2.03. The first-order valence-corrected chi connectivity index (χ1v) is 3.62. The molecule has 1 aromatic heterocycles. The molecule has 0 saturated heterocycles. The van der Waals surface area contributed by atoms with E-state index in [2.05, 4.69) is 0 Å². The first kappa shape index (κ1) is 7.26. The van der Waals surface area contributed by atoms with Crippen LogP contribution >= 0.6 is 22.9 Å². The van der Waals surface area contributed by atoms with Gasteiger partial charge in [0, 0.05) is 5.56 Å². The molecule has 0 saturated carbocycles. The Bertz CT molecular complexity index is 299. The van der Waals surface area contributed by atoms with Gasteiger partial charge in [-0.3, -0.25) is 4.79 Å². The molecular weight excluding hydrogens is 170 g/mol. The number of nitriles is 1. The van der Waals surface area contributed by atoms with Gasteiger partial charge < -0.3 is 0 Å². The lowest BCUT2D eigenvalue weighted by molar-refractivity contribution is 0.112. The molecule has 4 heteroatoms. The Morgan fingerprint density at radius 2 is 2.50 bits per heavy atom. The second-order valence-corrected chi connectivity index (χ2v) is 3.22. The number of carbonyl (C=O) groups is 1. The van der Waals surface area contributed by atoms with Gasteiger partial charge in [-0.15, -0.1) is 11.3 Å². The number of hydrogen-bond acceptors (Lipinski definition) is 3. The SMILES string of the molecule is N#Cc1cc(C=O)c(Cl)s1. The highest BCUT2D eigenvalue weighted by atomic mass is 35.5. The van der Waals surface area contributed by atoms with E-state index in [4.69, 9.17) is 16.9 Å². The van der Waals surface area contributed by atoms with Gasteiger partial charge in [-0.05, 0) is 6.07 Å². The van der Waals surface area contributed by atoms with Crippen LogP contribution in [0.5, 0.6) is 0 Å². The van der Waals surface area contributed by atoms with Crippen molar-refractivity contribution in [1.82, 2.24) is 0 Å². The molecule has 1 aromatic rings. The van der Waals surface area contributed by atoms with Crippen LogP contribution in [0, 0.1) is 11.3 Å². The summed E-state index contributed by atoms with van der Waals surface area (Å²) in [6, 6.07) is 3.37. The molecule has 2 nitrogen and oxygen atoms in total. The van der Waals surface area contributed by atoms with E-state index in [-0.39, 0.29) is 0 Å². The number of hydrogen-bond donors (Lipinski definition) is 0. The van der Waals surface area contributed by atoms with Gasteiger partial charge in [0.1, 0.15) is 15.3 Å². The maximum Gasteiger partial charge on any atom is 0.152 e. The molecule has 0 aliphatic heterocycles. The molecule has 0 radical (unpaired) electrons. The third-order valence-electron chi connectivity index (χ3n) is 0.950. The molecule has 0 amide bonds. The van der Waals surface area contributed by atoms with Crippen molar-refractivity contribution in [2.24, 2.45) is 0 Å². The van der Waals surface area contributed by atoms with Crippen LogP contribution in [0.1, 0.15) is 15.2 Å². The van der Waals surface area contributed by atoms with Crippen molar-refractivity contribution in [2.45, 2.75) is 0 Å². The number of carbonyl (C=O) groups excluding carboxylic acids is 1. The standard InChI is InChI=1S/C6H2ClNOS/c7-6-4(3-9)1-5(2-8)10-6/h1,3H. The summed E-state index contributed by atoms with van der Waals surface area (Å²) < 4.78 is 0.381. The summed E-state index contributed by atoms with van der Waals surface area (Å²) in [4.78, 5) is 10.6. The van der Waals surface area contributed by atoms with Crippen molar-refractivity contribution >= 4 is 29.2 Å². The third-order valence-corrected chi connectivity index (χ3v) is 2.24. The molecular formula is C6H2ClNOS. The lowest BCUT2D eigenvalue weighted by Crippen LogP contribution is -1.70. The molecule has 0 atom stereocenters. The zero-order valence-electron chi connectivity index (χ0n) is 4.80. The summed E-state index contributed by atoms with van der Waals surface area (Å²) in [5, 5.41) is 8.36. The number of rotatable bonds is 1. The third kappa shape index (κ3) is 1.18. The molecule has 0 aliphatic rings. The Morgan fingerprint density at radius 1 is 1.80 bits per heavy atom. The molecule has 0 unspecified atom stereocenters. The molecule has 1 heterocycles. The number of halogens is 1. The van der Waals surface area contributed by atoms with Crippen LogP contribution in [0.2, 0.25) is 4.34 Å². The highest BCUT2D eigenvalue weighted by molar-refractivity contribution is 7.17. The normalized spacial score (nSPS) is 8.80. The predicted molar refractivity (Wildman–Crippen MR) is 39.4 cm³/mol. The summed E-state index contributed by atoms with van der Waals surface area (Å²) in [5.74, 6) is 0. The Kier molecular flexibility index (Phi) is 2.05. The largest absolute Gasteiger partial charge is 0.298 e. The van der Waals surface area contributed by atoms with Crippen LogP contribution in [0.25, 0.3) is 0 Å². The summed E-state index contributed by atoms with van der Waals surface area (Å²) in [6.07, 6.45) is 0.639. The van der Waals surface area contributed by atoms with Gasteiger partial charge >= 0.3 is 0 Å². The quantitative estimate of drug-likeness (QED) is 0.607. The van der Waals surface area contributed by atoms with E-state index in [9.17, 15) is 4.79 Å². The Balaban J connectivity index is 3.19. The Hall–Kier alpha value is -0.850. The van der Waals surface area contributed by atoms with Crippen molar-refractivity contribution < 1.29 is 4.79 Å². The Morgan fingerprint density at radius 3 is 2.80 bits per heavy atom. The fraction of sp³-hybridized carbons (Fsp3) is 0. The molecule has 0 spiro atoms. The van der Waals surface area contributed by atoms with Crippen LogP contribution in [0.15, 0.2) is 6.07 Å². The van der Waals surface area contributed by atoms with Crippen LogP contribution in [-0.4, -0.2) is 6.29 Å². The maximum atomic E-state index is 10.2. The zero-order chi connectivity index (χ0) is 7.56. The number of nitrogens with zero attached hydrogens (tertiary/aromatic N) is 1. The molecule has 0 aliphatic carbocycles. The van der Waals surface area contributed by atoms with Crippen molar-refractivity contribution in [2.75, 3.05) is 0 Å². The summed E-state index contributed by atoms with van der Waals surface area (Å²) in [5.41, 5.74) is 0.392. The van der Waals surface area contributed by atoms with Crippen molar-refractivity contribution in [3.05, 3.63) is 20.8 Å². The van der Waals surface area contributed by atoms with Gasteiger partial charge in [0.25, 0.3) is 0 Å². The summed E-state index contributed by atoms with van der Waals surface area (Å²) in [7, 11) is 0. The van der Waals surface area contributed by atoms with E-state index in [1.807, 2.05) is 6.07 Å². The molecule has 50 valence electrons. The van der Waals surface area contributed by atoms with Crippen molar-refractivity contribution in [1.29, 1.82) is 5.26 Å². The molecule has 10 heavy (non-hydrogen) atoms. The number of thiophene rings is 1. The van der Waals surface area contributed by atoms with E-state index in [1.165, 1.54) is 6.07 Å². The van der Waals surface area contributed by atoms with E-state index in [0.29, 0.717) is 21.1 Å². The lowest BCUT2D eigenvalue weighted by atomic mass is 10.3. The van der Waals surface area contributed by atoms with E-state index in [1.54, 1.807) is 0 Å². The highest BCUT2D eigenvalue weighted by Crippen LogP contribution is 2.25. The first-order chi connectivity index (χ1) is 4.77. The van der Waals surface area contributed by atoms with E-state index in [0.717, 1.165) is 11.3 Å². The van der Waals surface area contributed by atoms with E-state index < -0.39 is 0 Å². The van der Waals surface area contributed by atoms with Gasteiger partial charge in [0.05, 0.1) is 0 Å². The summed E-state index contributed by atoms with van der Waals surface area (Å²) in [6.45, 7) is 0. The minimum absolute atomic E-state index is 0.381. The average molecular weight is 172 g/mol. The monoisotopic (exact) mass is 171 g/mol. The molecule has 0 bridgehead atoms. The molecule has 0 fully saturated rings. The van der Waals surface area contributed by atoms with Gasteiger partial charge in [0.15, 0.2) is 6.29 Å². The molecule has 0 aromatic carbocycles. The first-order valence-electron chi connectivity index (χ1n) is 2.42. The average Bonchev–Trinajstić information content (AvgIpc) is 2.30.